The minimum Gasteiger partial charge on any atom is -0.477 e. The Bertz CT molecular complexity index is 1040. The molecule has 0 saturated heterocycles. The summed E-state index contributed by atoms with van der Waals surface area (Å²) in [7, 11) is 0. The van der Waals surface area contributed by atoms with Crippen molar-refractivity contribution in [3.63, 3.8) is 0 Å². The molecule has 28 heavy (non-hydrogen) atoms. The van der Waals surface area contributed by atoms with Crippen LogP contribution in [0.3, 0.4) is 0 Å². The summed E-state index contributed by atoms with van der Waals surface area (Å²) in [6, 6.07) is 11.4. The van der Waals surface area contributed by atoms with E-state index in [2.05, 4.69) is 10.9 Å². The summed E-state index contributed by atoms with van der Waals surface area (Å²) in [5, 5.41) is 11.7. The second-order valence-corrected chi connectivity index (χ2v) is 6.05. The van der Waals surface area contributed by atoms with Crippen LogP contribution in [0, 0.1) is 17.0 Å². The molecule has 9 heteroatoms. The third kappa shape index (κ3) is 4.44. The Labute approximate surface area is 159 Å². The molecular formula is C19H17N3O6. The monoisotopic (exact) mass is 383 g/mol. The lowest BCUT2D eigenvalue weighted by molar-refractivity contribution is -0.385. The lowest BCUT2D eigenvalue weighted by Crippen LogP contribution is -2.44. The van der Waals surface area contributed by atoms with E-state index in [1.165, 1.54) is 24.5 Å². The molecule has 0 radical (unpaired) electrons. The third-order valence-corrected chi connectivity index (χ3v) is 3.92. The molecule has 0 aliphatic carbocycles. The van der Waals surface area contributed by atoms with Gasteiger partial charge < -0.3 is 9.15 Å². The van der Waals surface area contributed by atoms with Gasteiger partial charge in [-0.05, 0) is 24.6 Å². The Hall–Kier alpha value is -3.88. The summed E-state index contributed by atoms with van der Waals surface area (Å²) < 4.78 is 10.6. The van der Waals surface area contributed by atoms with Crippen LogP contribution < -0.4 is 15.6 Å². The van der Waals surface area contributed by atoms with Gasteiger partial charge in [0, 0.05) is 17.0 Å². The van der Waals surface area contributed by atoms with Gasteiger partial charge in [0.1, 0.15) is 5.58 Å². The lowest BCUT2D eigenvalue weighted by Gasteiger charge is -2.08. The van der Waals surface area contributed by atoms with E-state index in [9.17, 15) is 19.7 Å². The Kier molecular flexibility index (Phi) is 5.54. The largest absolute Gasteiger partial charge is 0.477 e. The van der Waals surface area contributed by atoms with Crippen molar-refractivity contribution in [2.75, 3.05) is 6.61 Å². The summed E-state index contributed by atoms with van der Waals surface area (Å²) in [5.74, 6) is -1.13. The Morgan fingerprint density at radius 1 is 1.14 bits per heavy atom. The van der Waals surface area contributed by atoms with Gasteiger partial charge in [0.25, 0.3) is 5.91 Å². The Morgan fingerprint density at radius 3 is 2.68 bits per heavy atom. The van der Waals surface area contributed by atoms with Crippen molar-refractivity contribution in [3.05, 3.63) is 70.0 Å². The van der Waals surface area contributed by atoms with Gasteiger partial charge >= 0.3 is 5.69 Å². The van der Waals surface area contributed by atoms with Crippen LogP contribution >= 0.6 is 0 Å². The first-order valence-electron chi connectivity index (χ1n) is 8.34. The van der Waals surface area contributed by atoms with Gasteiger partial charge in [0.2, 0.25) is 5.91 Å². The molecule has 0 atom stereocenters. The number of benzene rings is 2. The fraction of sp³-hybridized carbons (Fsp3) is 0.158. The molecule has 2 N–H and O–H groups in total. The number of nitrogens with zero attached hydrogens (tertiary/aromatic N) is 1. The van der Waals surface area contributed by atoms with Crippen LogP contribution in [0.2, 0.25) is 0 Å². The Balaban J connectivity index is 1.50. The van der Waals surface area contributed by atoms with Crippen molar-refractivity contribution >= 4 is 28.5 Å². The van der Waals surface area contributed by atoms with E-state index in [1.54, 1.807) is 6.07 Å². The van der Waals surface area contributed by atoms with Crippen molar-refractivity contribution in [3.8, 4) is 5.75 Å². The molecule has 3 aromatic rings. The highest BCUT2D eigenvalue weighted by molar-refractivity contribution is 5.89. The quantitative estimate of drug-likeness (QED) is 0.498. The molecule has 0 bridgehead atoms. The van der Waals surface area contributed by atoms with E-state index >= 15 is 0 Å². The van der Waals surface area contributed by atoms with Crippen LogP contribution in [0.1, 0.15) is 11.1 Å². The minimum absolute atomic E-state index is 0.0152. The van der Waals surface area contributed by atoms with Gasteiger partial charge in [0.15, 0.2) is 12.4 Å². The highest BCUT2D eigenvalue weighted by Gasteiger charge is 2.15. The zero-order chi connectivity index (χ0) is 20.1. The molecule has 0 fully saturated rings. The van der Waals surface area contributed by atoms with Gasteiger partial charge in [-0.25, -0.2) is 0 Å². The van der Waals surface area contributed by atoms with Gasteiger partial charge in [-0.15, -0.1) is 0 Å². The van der Waals surface area contributed by atoms with E-state index in [4.69, 9.17) is 9.15 Å². The van der Waals surface area contributed by atoms with Crippen LogP contribution in [-0.4, -0.2) is 23.3 Å². The fourth-order valence-electron chi connectivity index (χ4n) is 2.59. The maximum absolute atomic E-state index is 12.0. The van der Waals surface area contributed by atoms with Crippen LogP contribution in [0.25, 0.3) is 11.0 Å². The number of nitro benzene ring substituents is 1. The lowest BCUT2D eigenvalue weighted by atomic mass is 10.1. The smallest absolute Gasteiger partial charge is 0.310 e. The molecule has 1 aromatic heterocycles. The van der Waals surface area contributed by atoms with E-state index in [-0.39, 0.29) is 17.9 Å². The van der Waals surface area contributed by atoms with Crippen molar-refractivity contribution < 1.29 is 23.7 Å². The second-order valence-electron chi connectivity index (χ2n) is 6.05. The van der Waals surface area contributed by atoms with Gasteiger partial charge in [0.05, 0.1) is 17.6 Å². The number of hydrogen-bond donors (Lipinski definition) is 2. The van der Waals surface area contributed by atoms with Crippen LogP contribution in [0.4, 0.5) is 5.69 Å². The number of nitrogens with one attached hydrogen (secondary N) is 2. The number of fused-ring (bicyclic) bond motifs is 1. The molecule has 9 nitrogen and oxygen atoms in total. The molecule has 2 amide bonds. The van der Waals surface area contributed by atoms with E-state index in [0.29, 0.717) is 11.1 Å². The van der Waals surface area contributed by atoms with Gasteiger partial charge in [-0.1, -0.05) is 24.3 Å². The number of para-hydroxylation sites is 2. The highest BCUT2D eigenvalue weighted by atomic mass is 16.6. The molecule has 144 valence electrons. The average Bonchev–Trinajstić information content (AvgIpc) is 3.06. The van der Waals surface area contributed by atoms with E-state index < -0.39 is 23.3 Å². The van der Waals surface area contributed by atoms with Crippen molar-refractivity contribution in [1.29, 1.82) is 0 Å². The number of carbonyl (C=O) groups excluding carboxylic acids is 2. The van der Waals surface area contributed by atoms with E-state index in [0.717, 1.165) is 10.9 Å². The standard InChI is InChI=1S/C19H17N3O6/c1-12-6-7-14-13(10-27-17(14)8-12)9-18(23)20-21-19(24)11-28-16-5-3-2-4-15(16)22(25)26/h2-8,10H,9,11H2,1H3,(H,20,23)(H,21,24). The topological polar surface area (TPSA) is 124 Å². The van der Waals surface area contributed by atoms with E-state index in [1.807, 2.05) is 25.1 Å². The zero-order valence-corrected chi connectivity index (χ0v) is 14.9. The predicted octanol–water partition coefficient (Wildman–Crippen LogP) is 2.42. The molecule has 0 saturated carbocycles. The van der Waals surface area contributed by atoms with Crippen molar-refractivity contribution in [2.45, 2.75) is 13.3 Å². The van der Waals surface area contributed by atoms with Crippen LogP contribution in [-0.2, 0) is 16.0 Å². The summed E-state index contributed by atoms with van der Waals surface area (Å²) in [4.78, 5) is 34.2. The first-order valence-corrected chi connectivity index (χ1v) is 8.34. The molecule has 0 unspecified atom stereocenters. The van der Waals surface area contributed by atoms with Crippen molar-refractivity contribution in [2.24, 2.45) is 0 Å². The first-order chi connectivity index (χ1) is 13.4. The summed E-state index contributed by atoms with van der Waals surface area (Å²) in [5.41, 5.74) is 6.66. The highest BCUT2D eigenvalue weighted by Crippen LogP contribution is 2.25. The Morgan fingerprint density at radius 2 is 1.89 bits per heavy atom. The number of hydrazine groups is 1. The fourth-order valence-corrected chi connectivity index (χ4v) is 2.59. The van der Waals surface area contributed by atoms with Crippen LogP contribution in [0.15, 0.2) is 53.1 Å². The minimum atomic E-state index is -0.654. The van der Waals surface area contributed by atoms with Crippen LogP contribution in [0.5, 0.6) is 5.75 Å². The van der Waals surface area contributed by atoms with Gasteiger partial charge in [-0.3, -0.25) is 30.6 Å². The molecule has 1 heterocycles. The zero-order valence-electron chi connectivity index (χ0n) is 14.9. The molecular weight excluding hydrogens is 366 g/mol. The molecule has 2 aromatic carbocycles. The number of furan rings is 1. The number of rotatable bonds is 6. The number of nitro groups is 1. The number of carbonyl (C=O) groups is 2. The molecule has 0 aliphatic rings. The normalized spacial score (nSPS) is 10.5. The predicted molar refractivity (Wildman–Crippen MR) is 99.5 cm³/mol. The molecule has 0 spiro atoms. The maximum atomic E-state index is 12.0. The number of hydrogen-bond acceptors (Lipinski definition) is 6. The summed E-state index contributed by atoms with van der Waals surface area (Å²) in [6.45, 7) is 1.45. The molecule has 0 aliphatic heterocycles. The number of ether oxygens (including phenoxy) is 1. The number of amides is 2. The number of aryl methyl sites for hydroxylation is 1. The first kappa shape index (κ1) is 18.9. The SMILES string of the molecule is Cc1ccc2c(CC(=O)NNC(=O)COc3ccccc3[N+](=O)[O-])coc2c1. The molecule has 3 rings (SSSR count). The average molecular weight is 383 g/mol. The summed E-state index contributed by atoms with van der Waals surface area (Å²) in [6.07, 6.45) is 1.52. The third-order valence-electron chi connectivity index (χ3n) is 3.92. The summed E-state index contributed by atoms with van der Waals surface area (Å²) >= 11 is 0. The van der Waals surface area contributed by atoms with Gasteiger partial charge in [-0.2, -0.15) is 0 Å². The van der Waals surface area contributed by atoms with Crippen molar-refractivity contribution in [1.82, 2.24) is 10.9 Å². The second kappa shape index (κ2) is 8.21. The maximum Gasteiger partial charge on any atom is 0.310 e.